The Morgan fingerprint density at radius 2 is 1.68 bits per heavy atom. The topological polar surface area (TPSA) is 152 Å². The maximum atomic E-state index is 13.8. The number of ether oxygens (including phenoxy) is 3. The Kier molecular flexibility index (Phi) is 12.9. The third-order valence-electron chi connectivity index (χ3n) is 7.77. The van der Waals surface area contributed by atoms with E-state index in [9.17, 15) is 19.2 Å². The number of piperazine rings is 1. The van der Waals surface area contributed by atoms with Gasteiger partial charge in [-0.05, 0) is 59.5 Å². The first kappa shape index (κ1) is 35.6. The smallest absolute Gasteiger partial charge is 0.409 e. The molecule has 1 unspecified atom stereocenters. The number of benzene rings is 1. The number of rotatable bonds is 12. The Bertz CT molecular complexity index is 1350. The average molecular weight is 653 g/mol. The minimum atomic E-state index is -1.04. The van der Waals surface area contributed by atoms with Gasteiger partial charge in [0.25, 0.3) is 5.91 Å². The van der Waals surface area contributed by atoms with Crippen molar-refractivity contribution >= 4 is 23.9 Å². The minimum Gasteiger partial charge on any atom is -0.474 e. The highest BCUT2D eigenvalue weighted by Crippen LogP contribution is 2.22. The molecule has 13 heteroatoms. The van der Waals surface area contributed by atoms with Crippen molar-refractivity contribution in [2.24, 2.45) is 0 Å². The van der Waals surface area contributed by atoms with Gasteiger partial charge in [-0.25, -0.2) is 9.78 Å². The third-order valence-corrected chi connectivity index (χ3v) is 7.77. The van der Waals surface area contributed by atoms with Crippen LogP contribution in [0.25, 0.3) is 11.4 Å². The van der Waals surface area contributed by atoms with Crippen LogP contribution in [0.4, 0.5) is 4.79 Å². The molecule has 0 aliphatic carbocycles. The predicted molar refractivity (Wildman–Crippen MR) is 175 cm³/mol. The van der Waals surface area contributed by atoms with E-state index in [0.29, 0.717) is 31.1 Å². The SMILES string of the molecule is CCCCOC(=O)N1CCN(C(=O)C(CCC(=O)OC(C)(C)C)NC(=O)c2cc(OC3CCNCC3)nc(-c3ccccc3)n2)CC1. The van der Waals surface area contributed by atoms with Gasteiger partial charge in [-0.15, -0.1) is 0 Å². The fourth-order valence-corrected chi connectivity index (χ4v) is 5.27. The molecule has 3 heterocycles. The Morgan fingerprint density at radius 1 is 1.00 bits per heavy atom. The summed E-state index contributed by atoms with van der Waals surface area (Å²) in [5, 5.41) is 6.13. The fraction of sp³-hybridized carbons (Fsp3) is 0.588. The van der Waals surface area contributed by atoms with E-state index in [4.69, 9.17) is 14.2 Å². The average Bonchev–Trinajstić information content (AvgIpc) is 3.06. The molecule has 1 aromatic heterocycles. The molecule has 256 valence electrons. The Hall–Kier alpha value is -4.26. The van der Waals surface area contributed by atoms with Gasteiger partial charge in [0, 0.05) is 44.2 Å². The summed E-state index contributed by atoms with van der Waals surface area (Å²) in [4.78, 5) is 65.0. The van der Waals surface area contributed by atoms with Crippen molar-refractivity contribution in [1.82, 2.24) is 30.4 Å². The molecular weight excluding hydrogens is 604 g/mol. The van der Waals surface area contributed by atoms with E-state index in [1.165, 1.54) is 6.07 Å². The third kappa shape index (κ3) is 11.2. The van der Waals surface area contributed by atoms with Gasteiger partial charge in [-0.3, -0.25) is 14.4 Å². The van der Waals surface area contributed by atoms with Gasteiger partial charge in [0.15, 0.2) is 5.82 Å². The number of esters is 1. The van der Waals surface area contributed by atoms with Crippen LogP contribution in [-0.2, 0) is 19.1 Å². The Morgan fingerprint density at radius 3 is 2.34 bits per heavy atom. The fourth-order valence-electron chi connectivity index (χ4n) is 5.27. The van der Waals surface area contributed by atoms with Gasteiger partial charge in [0.1, 0.15) is 23.4 Å². The van der Waals surface area contributed by atoms with E-state index in [-0.39, 0.29) is 49.5 Å². The van der Waals surface area contributed by atoms with E-state index in [2.05, 4.69) is 20.6 Å². The molecule has 1 atom stereocenters. The van der Waals surface area contributed by atoms with Crippen LogP contribution in [0.3, 0.4) is 0 Å². The largest absolute Gasteiger partial charge is 0.474 e. The number of nitrogens with one attached hydrogen (secondary N) is 2. The highest BCUT2D eigenvalue weighted by Gasteiger charge is 2.32. The van der Waals surface area contributed by atoms with Crippen LogP contribution in [-0.4, -0.2) is 107 Å². The maximum absolute atomic E-state index is 13.8. The number of nitrogens with zero attached hydrogens (tertiary/aromatic N) is 4. The first-order chi connectivity index (χ1) is 22.5. The molecule has 2 aliphatic heterocycles. The van der Waals surface area contributed by atoms with Crippen LogP contribution in [0.5, 0.6) is 5.88 Å². The van der Waals surface area contributed by atoms with Crippen molar-refractivity contribution < 1.29 is 33.4 Å². The summed E-state index contributed by atoms with van der Waals surface area (Å²) in [6.45, 7) is 10.5. The summed E-state index contributed by atoms with van der Waals surface area (Å²) in [6, 6.07) is 9.73. The van der Waals surface area contributed by atoms with E-state index >= 15 is 0 Å². The molecule has 2 aromatic rings. The van der Waals surface area contributed by atoms with Crippen molar-refractivity contribution in [3.63, 3.8) is 0 Å². The molecule has 2 N–H and O–H groups in total. The molecule has 0 bridgehead atoms. The van der Waals surface area contributed by atoms with Gasteiger partial charge < -0.3 is 34.6 Å². The maximum Gasteiger partial charge on any atom is 0.409 e. The first-order valence-corrected chi connectivity index (χ1v) is 16.6. The lowest BCUT2D eigenvalue weighted by molar-refractivity contribution is -0.155. The van der Waals surface area contributed by atoms with E-state index < -0.39 is 29.6 Å². The van der Waals surface area contributed by atoms with Crippen LogP contribution in [0.2, 0.25) is 0 Å². The second kappa shape index (κ2) is 17.1. The molecule has 2 aliphatic rings. The highest BCUT2D eigenvalue weighted by atomic mass is 16.6. The van der Waals surface area contributed by atoms with Crippen molar-refractivity contribution in [1.29, 1.82) is 0 Å². The summed E-state index contributed by atoms with van der Waals surface area (Å²) >= 11 is 0. The minimum absolute atomic E-state index is 0.0216. The quantitative estimate of drug-likeness (QED) is 0.257. The number of aromatic nitrogens is 2. The van der Waals surface area contributed by atoms with Crippen molar-refractivity contribution in [2.45, 2.75) is 84.0 Å². The zero-order chi connectivity index (χ0) is 33.8. The molecule has 13 nitrogen and oxygen atoms in total. The Labute approximate surface area is 276 Å². The van der Waals surface area contributed by atoms with E-state index in [1.807, 2.05) is 37.3 Å². The van der Waals surface area contributed by atoms with E-state index in [0.717, 1.165) is 38.8 Å². The van der Waals surface area contributed by atoms with Gasteiger partial charge in [0.2, 0.25) is 11.8 Å². The lowest BCUT2D eigenvalue weighted by atomic mass is 10.1. The molecule has 47 heavy (non-hydrogen) atoms. The molecule has 0 radical (unpaired) electrons. The number of hydrogen-bond acceptors (Lipinski definition) is 10. The van der Waals surface area contributed by atoms with Crippen LogP contribution < -0.4 is 15.4 Å². The zero-order valence-corrected chi connectivity index (χ0v) is 28.0. The van der Waals surface area contributed by atoms with Crippen molar-refractivity contribution in [3.8, 4) is 17.3 Å². The predicted octanol–water partition coefficient (Wildman–Crippen LogP) is 3.58. The number of carbonyl (C=O) groups excluding carboxylic acids is 4. The molecule has 2 fully saturated rings. The molecule has 1 aromatic carbocycles. The van der Waals surface area contributed by atoms with Crippen molar-refractivity contribution in [3.05, 3.63) is 42.1 Å². The lowest BCUT2D eigenvalue weighted by Gasteiger charge is -2.36. The molecule has 2 saturated heterocycles. The highest BCUT2D eigenvalue weighted by molar-refractivity contribution is 5.96. The Balaban J connectivity index is 1.51. The second-order valence-corrected chi connectivity index (χ2v) is 12.8. The second-order valence-electron chi connectivity index (χ2n) is 12.8. The summed E-state index contributed by atoms with van der Waals surface area (Å²) < 4.78 is 17.0. The standard InChI is InChI=1S/C34H48N6O7/c1-5-6-22-45-33(44)40-20-18-39(19-21-40)32(43)26(12-13-29(41)47-34(2,3)4)37-31(42)27-23-28(46-25-14-16-35-17-15-25)38-30(36-27)24-10-8-7-9-11-24/h7-11,23,25-26,35H,5-6,12-22H2,1-4H3,(H,37,42). The summed E-state index contributed by atoms with van der Waals surface area (Å²) in [5.41, 5.74) is 0.0556. The monoisotopic (exact) mass is 652 g/mol. The van der Waals surface area contributed by atoms with Crippen LogP contribution in [0, 0.1) is 0 Å². The van der Waals surface area contributed by atoms with Gasteiger partial charge >= 0.3 is 12.1 Å². The van der Waals surface area contributed by atoms with Gasteiger partial charge in [0.05, 0.1) is 6.61 Å². The first-order valence-electron chi connectivity index (χ1n) is 16.6. The number of unbranched alkanes of at least 4 members (excludes halogenated alkanes) is 1. The van der Waals surface area contributed by atoms with Crippen molar-refractivity contribution in [2.75, 3.05) is 45.9 Å². The molecule has 0 spiro atoms. The molecule has 4 rings (SSSR count). The van der Waals surface area contributed by atoms with E-state index in [1.54, 1.807) is 30.6 Å². The number of hydrogen-bond donors (Lipinski definition) is 2. The van der Waals surface area contributed by atoms with Gasteiger partial charge in [-0.2, -0.15) is 4.98 Å². The number of carbonyl (C=O) groups is 4. The normalized spacial score (nSPS) is 16.3. The zero-order valence-electron chi connectivity index (χ0n) is 28.0. The molecular formula is C34H48N6O7. The van der Waals surface area contributed by atoms with Gasteiger partial charge in [-0.1, -0.05) is 43.7 Å². The lowest BCUT2D eigenvalue weighted by Crippen LogP contribution is -2.56. The number of amides is 3. The summed E-state index contributed by atoms with van der Waals surface area (Å²) in [7, 11) is 0. The number of piperidine rings is 1. The van der Waals surface area contributed by atoms with Crippen LogP contribution in [0.15, 0.2) is 36.4 Å². The summed E-state index contributed by atoms with van der Waals surface area (Å²) in [6.07, 6.45) is 2.79. The summed E-state index contributed by atoms with van der Waals surface area (Å²) in [5.74, 6) is -0.838. The molecule has 3 amide bonds. The van der Waals surface area contributed by atoms with Crippen LogP contribution >= 0.6 is 0 Å². The van der Waals surface area contributed by atoms with Crippen LogP contribution in [0.1, 0.15) is 76.7 Å². The molecule has 0 saturated carbocycles.